The second-order valence-corrected chi connectivity index (χ2v) is 5.08. The summed E-state index contributed by atoms with van der Waals surface area (Å²) < 4.78 is 0. The van der Waals surface area contributed by atoms with Crippen LogP contribution in [0.3, 0.4) is 0 Å². The van der Waals surface area contributed by atoms with Gasteiger partial charge in [0, 0.05) is 17.3 Å². The van der Waals surface area contributed by atoms with Crippen molar-refractivity contribution in [3.63, 3.8) is 0 Å². The van der Waals surface area contributed by atoms with Crippen molar-refractivity contribution in [3.05, 3.63) is 58.7 Å². The van der Waals surface area contributed by atoms with Crippen molar-refractivity contribution >= 4 is 11.4 Å². The summed E-state index contributed by atoms with van der Waals surface area (Å²) in [6.07, 6.45) is 0. The van der Waals surface area contributed by atoms with Crippen LogP contribution < -0.4 is 11.5 Å². The number of hydrogen-bond donors (Lipinski definition) is 2. The molecule has 0 aliphatic rings. The van der Waals surface area contributed by atoms with Crippen molar-refractivity contribution in [1.29, 1.82) is 0 Å². The van der Waals surface area contributed by atoms with E-state index in [-0.39, 0.29) is 0 Å². The molecule has 0 aliphatic heterocycles. The van der Waals surface area contributed by atoms with E-state index in [0.717, 1.165) is 11.4 Å². The molecule has 2 aromatic rings. The van der Waals surface area contributed by atoms with Gasteiger partial charge in [0.2, 0.25) is 0 Å². The number of benzene rings is 2. The van der Waals surface area contributed by atoms with E-state index < -0.39 is 0 Å². The topological polar surface area (TPSA) is 52.0 Å². The molecule has 0 amide bonds. The molecule has 2 aromatic carbocycles. The van der Waals surface area contributed by atoms with Crippen molar-refractivity contribution in [2.24, 2.45) is 0 Å². The van der Waals surface area contributed by atoms with Gasteiger partial charge in [0.1, 0.15) is 0 Å². The van der Waals surface area contributed by atoms with Crippen LogP contribution in [0.4, 0.5) is 11.4 Å². The van der Waals surface area contributed by atoms with Crippen LogP contribution in [0.25, 0.3) is 0 Å². The van der Waals surface area contributed by atoms with E-state index in [1.807, 2.05) is 24.3 Å². The Morgan fingerprint density at radius 1 is 0.722 bits per heavy atom. The summed E-state index contributed by atoms with van der Waals surface area (Å²) in [6.45, 7) is 6.32. The zero-order valence-electron chi connectivity index (χ0n) is 11.2. The molecule has 2 heteroatoms. The number of nitrogens with two attached hydrogens (primary N) is 2. The highest BCUT2D eigenvalue weighted by Crippen LogP contribution is 2.28. The summed E-state index contributed by atoms with van der Waals surface area (Å²) in [7, 11) is 0. The third-order valence-corrected chi connectivity index (χ3v) is 3.24. The lowest BCUT2D eigenvalue weighted by Gasteiger charge is -2.15. The lowest BCUT2D eigenvalue weighted by molar-refractivity contribution is 0.919. The first kappa shape index (κ1) is 12.5. The Labute approximate surface area is 109 Å². The van der Waals surface area contributed by atoms with Gasteiger partial charge in [0.25, 0.3) is 0 Å². The van der Waals surface area contributed by atoms with E-state index in [1.165, 1.54) is 22.3 Å². The molecule has 0 heterocycles. The summed E-state index contributed by atoms with van der Waals surface area (Å²) in [5, 5.41) is 0. The fraction of sp³-hybridized carbons (Fsp3) is 0.250. The van der Waals surface area contributed by atoms with Gasteiger partial charge in [-0.2, -0.15) is 0 Å². The molecule has 0 bridgehead atoms. The van der Waals surface area contributed by atoms with E-state index in [0.29, 0.717) is 5.92 Å². The highest BCUT2D eigenvalue weighted by atomic mass is 14.5. The first-order valence-electron chi connectivity index (χ1n) is 6.20. The molecule has 0 radical (unpaired) electrons. The third kappa shape index (κ3) is 2.65. The highest BCUT2D eigenvalue weighted by molar-refractivity contribution is 5.50. The number of nitrogen functional groups attached to an aromatic ring is 2. The van der Waals surface area contributed by atoms with Gasteiger partial charge in [-0.3, -0.25) is 0 Å². The molecule has 0 atom stereocenters. The van der Waals surface area contributed by atoms with Crippen LogP contribution in [-0.2, 0) is 0 Å². The second-order valence-electron chi connectivity index (χ2n) is 5.08. The molecule has 94 valence electrons. The van der Waals surface area contributed by atoms with Gasteiger partial charge in [-0.25, -0.2) is 0 Å². The smallest absolute Gasteiger partial charge is 0.0319 e. The average molecular weight is 240 g/mol. The van der Waals surface area contributed by atoms with E-state index in [1.54, 1.807) is 0 Å². The molecule has 0 aliphatic carbocycles. The van der Waals surface area contributed by atoms with E-state index in [2.05, 4.69) is 32.9 Å². The highest BCUT2D eigenvalue weighted by Gasteiger charge is 2.10. The minimum Gasteiger partial charge on any atom is -0.399 e. The summed E-state index contributed by atoms with van der Waals surface area (Å²) in [5.74, 6) is 0.300. The largest absolute Gasteiger partial charge is 0.399 e. The maximum atomic E-state index is 5.91. The SMILES string of the molecule is Cc1cc(N)cc(C(C)c2cc(C)cc(N)c2)c1. The summed E-state index contributed by atoms with van der Waals surface area (Å²) >= 11 is 0. The first-order chi connectivity index (χ1) is 8.45. The molecule has 0 aromatic heterocycles. The molecule has 0 saturated carbocycles. The van der Waals surface area contributed by atoms with Crippen molar-refractivity contribution in [1.82, 2.24) is 0 Å². The van der Waals surface area contributed by atoms with Gasteiger partial charge < -0.3 is 11.5 Å². The fourth-order valence-corrected chi connectivity index (χ4v) is 2.38. The van der Waals surface area contributed by atoms with Gasteiger partial charge in [-0.05, 0) is 60.4 Å². The quantitative estimate of drug-likeness (QED) is 0.788. The van der Waals surface area contributed by atoms with E-state index in [9.17, 15) is 0 Å². The van der Waals surface area contributed by atoms with Gasteiger partial charge in [0.05, 0.1) is 0 Å². The summed E-state index contributed by atoms with van der Waals surface area (Å²) in [4.78, 5) is 0. The molecule has 0 spiro atoms. The minimum absolute atomic E-state index is 0.300. The molecule has 0 saturated heterocycles. The fourth-order valence-electron chi connectivity index (χ4n) is 2.38. The Balaban J connectivity index is 2.43. The average Bonchev–Trinajstić information content (AvgIpc) is 2.25. The van der Waals surface area contributed by atoms with Crippen molar-refractivity contribution in [3.8, 4) is 0 Å². The monoisotopic (exact) mass is 240 g/mol. The Bertz CT molecular complexity index is 481. The van der Waals surface area contributed by atoms with Crippen LogP contribution in [0.2, 0.25) is 0 Å². The molecular weight excluding hydrogens is 220 g/mol. The summed E-state index contributed by atoms with van der Waals surface area (Å²) in [5.41, 5.74) is 18.3. The standard InChI is InChI=1S/C16H20N2/c1-10-4-13(8-15(17)6-10)12(3)14-5-11(2)7-16(18)9-14/h4-9,12H,17-18H2,1-3H3. The second kappa shape index (κ2) is 4.73. The van der Waals surface area contributed by atoms with Crippen LogP contribution in [0, 0.1) is 13.8 Å². The van der Waals surface area contributed by atoms with Crippen molar-refractivity contribution < 1.29 is 0 Å². The Hall–Kier alpha value is -1.96. The predicted molar refractivity (Wildman–Crippen MR) is 78.7 cm³/mol. The lowest BCUT2D eigenvalue weighted by atomic mass is 9.90. The Morgan fingerprint density at radius 2 is 1.11 bits per heavy atom. The number of hydrogen-bond acceptors (Lipinski definition) is 2. The van der Waals surface area contributed by atoms with Crippen LogP contribution in [-0.4, -0.2) is 0 Å². The third-order valence-electron chi connectivity index (χ3n) is 3.24. The molecule has 4 N–H and O–H groups in total. The zero-order valence-corrected chi connectivity index (χ0v) is 11.2. The van der Waals surface area contributed by atoms with Crippen LogP contribution in [0.15, 0.2) is 36.4 Å². The van der Waals surface area contributed by atoms with Gasteiger partial charge in [-0.1, -0.05) is 19.1 Å². The number of anilines is 2. The zero-order chi connectivity index (χ0) is 13.3. The minimum atomic E-state index is 0.300. The molecule has 0 unspecified atom stereocenters. The Morgan fingerprint density at radius 3 is 1.44 bits per heavy atom. The number of rotatable bonds is 2. The normalized spacial score (nSPS) is 10.9. The van der Waals surface area contributed by atoms with Crippen molar-refractivity contribution in [2.75, 3.05) is 11.5 Å². The van der Waals surface area contributed by atoms with Crippen LogP contribution in [0.5, 0.6) is 0 Å². The van der Waals surface area contributed by atoms with E-state index in [4.69, 9.17) is 11.5 Å². The van der Waals surface area contributed by atoms with Crippen LogP contribution >= 0.6 is 0 Å². The molecule has 2 rings (SSSR count). The Kier molecular flexibility index (Phi) is 3.28. The van der Waals surface area contributed by atoms with Gasteiger partial charge in [0.15, 0.2) is 0 Å². The van der Waals surface area contributed by atoms with Gasteiger partial charge in [-0.15, -0.1) is 0 Å². The van der Waals surface area contributed by atoms with E-state index >= 15 is 0 Å². The molecule has 18 heavy (non-hydrogen) atoms. The maximum absolute atomic E-state index is 5.91. The first-order valence-corrected chi connectivity index (χ1v) is 6.20. The molecular formula is C16H20N2. The predicted octanol–water partition coefficient (Wildman–Crippen LogP) is 3.62. The van der Waals surface area contributed by atoms with Gasteiger partial charge >= 0.3 is 0 Å². The maximum Gasteiger partial charge on any atom is 0.0319 e. The van der Waals surface area contributed by atoms with Crippen molar-refractivity contribution in [2.45, 2.75) is 26.7 Å². The molecule has 0 fully saturated rings. The lowest BCUT2D eigenvalue weighted by Crippen LogP contribution is -2.00. The van der Waals surface area contributed by atoms with Crippen LogP contribution in [0.1, 0.15) is 35.1 Å². The number of aryl methyl sites for hydroxylation is 2. The summed E-state index contributed by atoms with van der Waals surface area (Å²) in [6, 6.07) is 12.4. The molecule has 2 nitrogen and oxygen atoms in total.